The molecule has 2 aliphatic rings. The molecule has 2 N–H and O–H groups in total. The first-order chi connectivity index (χ1) is 10.5. The molecular formula is C14H15FN2O3S2. The maximum Gasteiger partial charge on any atom is 0.321 e. The van der Waals surface area contributed by atoms with Gasteiger partial charge in [-0.15, -0.1) is 23.5 Å². The number of aliphatic imine (C=N–C) groups is 1. The van der Waals surface area contributed by atoms with Crippen LogP contribution in [0, 0.1) is 5.82 Å². The minimum atomic E-state index is -0.816. The van der Waals surface area contributed by atoms with Crippen LogP contribution in [0.5, 0.6) is 5.75 Å². The molecule has 0 spiro atoms. The Morgan fingerprint density at radius 2 is 2.23 bits per heavy atom. The van der Waals surface area contributed by atoms with Crippen molar-refractivity contribution < 1.29 is 19.4 Å². The van der Waals surface area contributed by atoms with E-state index in [0.29, 0.717) is 16.4 Å². The molecule has 5 nitrogen and oxygen atoms in total. The van der Waals surface area contributed by atoms with E-state index in [4.69, 9.17) is 0 Å². The maximum absolute atomic E-state index is 13.1. The van der Waals surface area contributed by atoms with E-state index in [1.807, 2.05) is 4.90 Å². The minimum absolute atomic E-state index is 0.00805. The van der Waals surface area contributed by atoms with E-state index >= 15 is 0 Å². The van der Waals surface area contributed by atoms with Crippen molar-refractivity contribution in [2.24, 2.45) is 4.99 Å². The van der Waals surface area contributed by atoms with Crippen molar-refractivity contribution in [2.45, 2.75) is 17.5 Å². The molecule has 3 unspecified atom stereocenters. The van der Waals surface area contributed by atoms with Gasteiger partial charge in [0.1, 0.15) is 22.7 Å². The van der Waals surface area contributed by atoms with Crippen LogP contribution in [0.4, 0.5) is 4.39 Å². The van der Waals surface area contributed by atoms with Crippen LogP contribution in [0.15, 0.2) is 23.2 Å². The fourth-order valence-corrected chi connectivity index (χ4v) is 5.36. The number of carboxylic acid groups (broad SMARTS) is 1. The molecule has 0 radical (unpaired) electrons. The third-order valence-electron chi connectivity index (χ3n) is 3.80. The molecule has 1 saturated heterocycles. The van der Waals surface area contributed by atoms with Gasteiger partial charge in [0.05, 0.1) is 11.4 Å². The Morgan fingerprint density at radius 1 is 1.45 bits per heavy atom. The molecule has 22 heavy (non-hydrogen) atoms. The lowest BCUT2D eigenvalue weighted by atomic mass is 10.2. The van der Waals surface area contributed by atoms with Gasteiger partial charge in [-0.05, 0) is 19.2 Å². The van der Waals surface area contributed by atoms with Crippen molar-refractivity contribution in [1.82, 2.24) is 4.90 Å². The van der Waals surface area contributed by atoms with E-state index in [2.05, 4.69) is 4.99 Å². The predicted molar refractivity (Wildman–Crippen MR) is 86.3 cm³/mol. The number of phenolic OH excluding ortho intramolecular Hbond substituents is 1. The first kappa shape index (κ1) is 15.6. The zero-order valence-electron chi connectivity index (χ0n) is 11.8. The molecule has 0 bridgehead atoms. The first-order valence-corrected chi connectivity index (χ1v) is 8.76. The van der Waals surface area contributed by atoms with Gasteiger partial charge in [0.2, 0.25) is 0 Å². The fourth-order valence-electron chi connectivity index (χ4n) is 2.60. The number of rotatable bonds is 3. The van der Waals surface area contributed by atoms with Gasteiger partial charge in [0.15, 0.2) is 0 Å². The zero-order valence-corrected chi connectivity index (χ0v) is 13.4. The van der Waals surface area contributed by atoms with Gasteiger partial charge >= 0.3 is 5.97 Å². The molecule has 3 atom stereocenters. The summed E-state index contributed by atoms with van der Waals surface area (Å²) >= 11 is 3.09. The average Bonchev–Trinajstić information content (AvgIpc) is 3.05. The summed E-state index contributed by atoms with van der Waals surface area (Å²) in [5.41, 5.74) is 0.523. The number of halogens is 1. The minimum Gasteiger partial charge on any atom is -0.507 e. The monoisotopic (exact) mass is 342 g/mol. The Hall–Kier alpha value is -1.25. The highest BCUT2D eigenvalue weighted by molar-refractivity contribution is 8.14. The van der Waals surface area contributed by atoms with Crippen LogP contribution in [0.2, 0.25) is 0 Å². The Labute approximate surface area is 135 Å². The van der Waals surface area contributed by atoms with Gasteiger partial charge < -0.3 is 10.2 Å². The highest BCUT2D eigenvalue weighted by Gasteiger charge is 2.41. The highest BCUT2D eigenvalue weighted by atomic mass is 32.2. The predicted octanol–water partition coefficient (Wildman–Crippen LogP) is 1.85. The van der Waals surface area contributed by atoms with Crippen LogP contribution < -0.4 is 0 Å². The quantitative estimate of drug-likeness (QED) is 0.873. The van der Waals surface area contributed by atoms with Crippen molar-refractivity contribution in [3.05, 3.63) is 29.6 Å². The molecule has 118 valence electrons. The molecule has 0 saturated carbocycles. The Bertz CT molecular complexity index is 641. The van der Waals surface area contributed by atoms with Crippen LogP contribution >= 0.6 is 23.5 Å². The zero-order chi connectivity index (χ0) is 15.9. The van der Waals surface area contributed by atoms with Gasteiger partial charge in [0, 0.05) is 23.1 Å². The number of carboxylic acids is 1. The molecular weight excluding hydrogens is 327 g/mol. The van der Waals surface area contributed by atoms with Crippen LogP contribution in [0.3, 0.4) is 0 Å². The van der Waals surface area contributed by atoms with Crippen LogP contribution in [0.25, 0.3) is 0 Å². The summed E-state index contributed by atoms with van der Waals surface area (Å²) in [5.74, 6) is -0.159. The van der Waals surface area contributed by atoms with Crippen LogP contribution in [-0.4, -0.2) is 62.1 Å². The normalized spacial score (nSPS) is 28.8. The van der Waals surface area contributed by atoms with E-state index in [1.54, 1.807) is 18.8 Å². The molecule has 0 aliphatic carbocycles. The number of hydrogen-bond acceptors (Lipinski definition) is 6. The van der Waals surface area contributed by atoms with E-state index < -0.39 is 17.8 Å². The van der Waals surface area contributed by atoms with Crippen molar-refractivity contribution in [3.63, 3.8) is 0 Å². The van der Waals surface area contributed by atoms with Crippen molar-refractivity contribution >= 4 is 34.5 Å². The molecule has 8 heteroatoms. The molecule has 3 rings (SSSR count). The number of hydrogen-bond donors (Lipinski definition) is 2. The van der Waals surface area contributed by atoms with Gasteiger partial charge in [-0.3, -0.25) is 14.7 Å². The average molecular weight is 342 g/mol. The largest absolute Gasteiger partial charge is 0.507 e. The lowest BCUT2D eigenvalue weighted by molar-refractivity contribution is -0.141. The number of likely N-dealkylation sites (N-methyl/N-ethyl adjacent to an activating group) is 1. The second kappa shape index (κ2) is 6.10. The van der Waals surface area contributed by atoms with Gasteiger partial charge in [-0.2, -0.15) is 0 Å². The molecule has 1 fully saturated rings. The lowest BCUT2D eigenvalue weighted by Gasteiger charge is -2.24. The van der Waals surface area contributed by atoms with Crippen LogP contribution in [-0.2, 0) is 4.79 Å². The number of carbonyl (C=O) groups is 1. The Morgan fingerprint density at radius 3 is 2.86 bits per heavy atom. The van der Waals surface area contributed by atoms with Gasteiger partial charge in [0.25, 0.3) is 0 Å². The van der Waals surface area contributed by atoms with E-state index in [-0.39, 0.29) is 17.2 Å². The molecule has 1 aromatic rings. The summed E-state index contributed by atoms with van der Waals surface area (Å²) in [6, 6.07) is 3.36. The summed E-state index contributed by atoms with van der Waals surface area (Å²) in [5, 5.41) is 19.7. The number of phenols is 1. The van der Waals surface area contributed by atoms with Crippen LogP contribution in [0.1, 0.15) is 5.56 Å². The number of benzene rings is 1. The molecule has 0 aromatic heterocycles. The number of aliphatic carboxylic acids is 1. The Kier molecular flexibility index (Phi) is 4.33. The summed E-state index contributed by atoms with van der Waals surface area (Å²) in [7, 11) is 1.80. The van der Waals surface area contributed by atoms with Crippen molar-refractivity contribution in [3.8, 4) is 5.75 Å². The lowest BCUT2D eigenvalue weighted by Crippen LogP contribution is -2.42. The SMILES string of the molecule is CN1C(C(=O)O)CSC1C1CSC(c2ccc(F)cc2O)=N1. The summed E-state index contributed by atoms with van der Waals surface area (Å²) < 4.78 is 13.1. The highest BCUT2D eigenvalue weighted by Crippen LogP contribution is 2.37. The van der Waals surface area contributed by atoms with Crippen molar-refractivity contribution in [2.75, 3.05) is 18.6 Å². The van der Waals surface area contributed by atoms with E-state index in [0.717, 1.165) is 11.8 Å². The smallest absolute Gasteiger partial charge is 0.321 e. The number of thioether (sulfide) groups is 2. The maximum atomic E-state index is 13.1. The van der Waals surface area contributed by atoms with Crippen molar-refractivity contribution in [1.29, 1.82) is 0 Å². The molecule has 1 aromatic carbocycles. The summed E-state index contributed by atoms with van der Waals surface area (Å²) in [4.78, 5) is 17.6. The second-order valence-electron chi connectivity index (χ2n) is 5.22. The third-order valence-corrected chi connectivity index (χ3v) is 6.40. The van der Waals surface area contributed by atoms with E-state index in [9.17, 15) is 19.4 Å². The first-order valence-electron chi connectivity index (χ1n) is 6.73. The Balaban J connectivity index is 1.79. The fraction of sp³-hybridized carbons (Fsp3) is 0.429. The van der Waals surface area contributed by atoms with Gasteiger partial charge in [-0.25, -0.2) is 4.39 Å². The summed E-state index contributed by atoms with van der Waals surface area (Å²) in [6.45, 7) is 0. The van der Waals surface area contributed by atoms with Gasteiger partial charge in [-0.1, -0.05) is 0 Å². The second-order valence-corrected chi connectivity index (χ2v) is 7.38. The number of aromatic hydroxyl groups is 1. The molecule has 2 heterocycles. The third kappa shape index (κ3) is 2.82. The standard InChI is InChI=1S/C14H15FN2O3S2/c1-17-10(14(19)20)6-22-13(17)9-5-21-12(16-9)8-3-2-7(15)4-11(8)18/h2-4,9-10,13,18H,5-6H2,1H3,(H,19,20). The molecule has 2 aliphatic heterocycles. The number of nitrogens with zero attached hydrogens (tertiary/aromatic N) is 2. The topological polar surface area (TPSA) is 73.1 Å². The summed E-state index contributed by atoms with van der Waals surface area (Å²) in [6.07, 6.45) is 0. The molecule has 0 amide bonds. The van der Waals surface area contributed by atoms with E-state index in [1.165, 1.54) is 23.9 Å².